The highest BCUT2D eigenvalue weighted by Crippen LogP contribution is 2.75. The predicted molar refractivity (Wildman–Crippen MR) is 144 cm³/mol. The molecule has 1 N–H and O–H groups in total. The molecule has 5 aliphatic carbocycles. The van der Waals surface area contributed by atoms with E-state index in [2.05, 4.69) is 66.9 Å². The molecule has 10 atom stereocenters. The molecule has 0 aliphatic heterocycles. The summed E-state index contributed by atoms with van der Waals surface area (Å²) in [5.41, 5.74) is 3.86. The van der Waals surface area contributed by atoms with Gasteiger partial charge < -0.3 is 10.1 Å². The molecule has 0 bridgehead atoms. The summed E-state index contributed by atoms with van der Waals surface area (Å²) in [5, 5.41) is 3.71. The lowest BCUT2D eigenvalue weighted by Gasteiger charge is -2.72. The Morgan fingerprint density at radius 1 is 0.912 bits per heavy atom. The summed E-state index contributed by atoms with van der Waals surface area (Å²) in [6.07, 6.45) is 15.2. The molecule has 4 fully saturated rings. The summed E-state index contributed by atoms with van der Waals surface area (Å²) in [7, 11) is 4.14. The maximum absolute atomic E-state index is 5.97. The van der Waals surface area contributed by atoms with Gasteiger partial charge in [-0.2, -0.15) is 0 Å². The Morgan fingerprint density at radius 3 is 2.32 bits per heavy atom. The van der Waals surface area contributed by atoms with Crippen LogP contribution in [0.4, 0.5) is 0 Å². The fraction of sp³-hybridized carbons (Fsp3) is 0.938. The molecule has 0 amide bonds. The van der Waals surface area contributed by atoms with Gasteiger partial charge in [-0.1, -0.05) is 60.1 Å². The van der Waals surface area contributed by atoms with E-state index in [-0.39, 0.29) is 0 Å². The smallest absolute Gasteiger partial charge is 0.0524 e. The molecule has 2 heteroatoms. The molecule has 194 valence electrons. The highest BCUT2D eigenvalue weighted by atomic mass is 16.5. The van der Waals surface area contributed by atoms with E-state index in [1.165, 1.54) is 57.8 Å². The summed E-state index contributed by atoms with van der Waals surface area (Å²) in [4.78, 5) is 0. The van der Waals surface area contributed by atoms with Crippen LogP contribution >= 0.6 is 0 Å². The fourth-order valence-corrected chi connectivity index (χ4v) is 11.7. The zero-order chi connectivity index (χ0) is 24.7. The molecular formula is C32H55NO. The van der Waals surface area contributed by atoms with Crippen LogP contribution in [0.5, 0.6) is 0 Å². The number of allylic oxidation sites excluding steroid dienone is 2. The number of ether oxygens (including phenoxy) is 1. The van der Waals surface area contributed by atoms with Gasteiger partial charge in [0.25, 0.3) is 0 Å². The number of hydrogen-bond donors (Lipinski definition) is 1. The van der Waals surface area contributed by atoms with E-state index >= 15 is 0 Å². The minimum atomic E-state index is 0.348. The second-order valence-electron chi connectivity index (χ2n) is 15.1. The molecule has 0 radical (unpaired) electrons. The highest BCUT2D eigenvalue weighted by Gasteiger charge is 2.68. The van der Waals surface area contributed by atoms with E-state index in [1.54, 1.807) is 0 Å². The van der Waals surface area contributed by atoms with Crippen LogP contribution in [-0.2, 0) is 4.74 Å². The van der Waals surface area contributed by atoms with Gasteiger partial charge in [0.15, 0.2) is 0 Å². The third kappa shape index (κ3) is 3.06. The van der Waals surface area contributed by atoms with Crippen LogP contribution in [0.15, 0.2) is 11.6 Å². The molecule has 0 aromatic carbocycles. The average molecular weight is 470 g/mol. The van der Waals surface area contributed by atoms with Gasteiger partial charge in [0, 0.05) is 18.6 Å². The summed E-state index contributed by atoms with van der Waals surface area (Å²) in [5.74, 6) is 3.96. The summed E-state index contributed by atoms with van der Waals surface area (Å²) >= 11 is 0. The van der Waals surface area contributed by atoms with Crippen LogP contribution in [-0.4, -0.2) is 26.8 Å². The molecule has 5 rings (SSSR count). The van der Waals surface area contributed by atoms with Crippen molar-refractivity contribution in [3.8, 4) is 0 Å². The maximum Gasteiger partial charge on any atom is 0.0524 e. The molecule has 34 heavy (non-hydrogen) atoms. The number of fused-ring (bicyclic) bond motifs is 7. The van der Waals surface area contributed by atoms with Crippen molar-refractivity contribution in [3.63, 3.8) is 0 Å². The number of rotatable bonds is 3. The van der Waals surface area contributed by atoms with Crippen molar-refractivity contribution in [1.29, 1.82) is 0 Å². The van der Waals surface area contributed by atoms with Crippen LogP contribution in [0, 0.1) is 56.7 Å². The molecular weight excluding hydrogens is 414 g/mol. The second kappa shape index (κ2) is 8.08. The van der Waals surface area contributed by atoms with Crippen molar-refractivity contribution in [1.82, 2.24) is 5.32 Å². The average Bonchev–Trinajstić information content (AvgIpc) is 2.77. The largest absolute Gasteiger partial charge is 0.384 e. The van der Waals surface area contributed by atoms with Crippen LogP contribution in [0.25, 0.3) is 0 Å². The Labute approximate surface area is 211 Å². The summed E-state index contributed by atoms with van der Waals surface area (Å²) < 4.78 is 5.97. The molecule has 4 saturated carbocycles. The lowest BCUT2D eigenvalue weighted by atomic mass is 9.33. The Hall–Kier alpha value is -0.340. The molecule has 0 aromatic heterocycles. The zero-order valence-corrected chi connectivity index (χ0v) is 24.0. The normalized spacial score (nSPS) is 54.2. The van der Waals surface area contributed by atoms with Crippen molar-refractivity contribution in [2.24, 2.45) is 56.7 Å². The molecule has 0 spiro atoms. The van der Waals surface area contributed by atoms with Gasteiger partial charge in [-0.15, -0.1) is 0 Å². The Balaban J connectivity index is 1.58. The molecule has 0 heterocycles. The third-order valence-electron chi connectivity index (χ3n) is 14.0. The molecule has 0 saturated heterocycles. The number of hydrogen-bond acceptors (Lipinski definition) is 2. The van der Waals surface area contributed by atoms with E-state index in [4.69, 9.17) is 4.74 Å². The van der Waals surface area contributed by atoms with E-state index in [1.807, 2.05) is 12.7 Å². The maximum atomic E-state index is 5.97. The van der Waals surface area contributed by atoms with Gasteiger partial charge in [-0.3, -0.25) is 0 Å². The van der Waals surface area contributed by atoms with E-state index < -0.39 is 0 Å². The zero-order valence-electron chi connectivity index (χ0n) is 24.0. The highest BCUT2D eigenvalue weighted by molar-refractivity contribution is 5.34. The monoisotopic (exact) mass is 469 g/mol. The second-order valence-corrected chi connectivity index (χ2v) is 15.1. The van der Waals surface area contributed by atoms with E-state index in [0.717, 1.165) is 36.2 Å². The van der Waals surface area contributed by atoms with Crippen LogP contribution in [0.1, 0.15) is 106 Å². The first-order valence-electron chi connectivity index (χ1n) is 14.8. The van der Waals surface area contributed by atoms with Crippen molar-refractivity contribution in [2.45, 2.75) is 112 Å². The van der Waals surface area contributed by atoms with Gasteiger partial charge in [0.1, 0.15) is 0 Å². The summed E-state index contributed by atoms with van der Waals surface area (Å²) in [6, 6.07) is 0.661. The minimum absolute atomic E-state index is 0.348. The number of methoxy groups -OCH3 is 1. The topological polar surface area (TPSA) is 21.3 Å². The Bertz CT molecular complexity index is 831. The van der Waals surface area contributed by atoms with Gasteiger partial charge in [0.2, 0.25) is 0 Å². The van der Waals surface area contributed by atoms with Crippen molar-refractivity contribution in [3.05, 3.63) is 11.6 Å². The minimum Gasteiger partial charge on any atom is -0.384 e. The summed E-state index contributed by atoms with van der Waals surface area (Å²) in [6.45, 7) is 19.4. The van der Waals surface area contributed by atoms with Gasteiger partial charge in [0.05, 0.1) is 6.61 Å². The SMILES string of the molecule is CN[C@H]1CC[C@]2(C)[C@H]3CC=C4[C@@H]5[C@@H](C)[C@H](C)CC[C@]5(COC)CC[C@@]4(C)[C@]3(C)CC[C@H]2C1(C)C. The van der Waals surface area contributed by atoms with Crippen molar-refractivity contribution >= 4 is 0 Å². The molecule has 2 nitrogen and oxygen atoms in total. The van der Waals surface area contributed by atoms with E-state index in [0.29, 0.717) is 33.1 Å². The first-order valence-corrected chi connectivity index (χ1v) is 14.8. The van der Waals surface area contributed by atoms with Crippen LogP contribution in [0.3, 0.4) is 0 Å². The Kier molecular flexibility index (Phi) is 6.01. The fourth-order valence-electron chi connectivity index (χ4n) is 11.7. The van der Waals surface area contributed by atoms with Gasteiger partial charge in [-0.25, -0.2) is 0 Å². The standard InChI is InChI=1S/C32H55NO/c1-21-12-17-32(20-34-9)19-18-30(6)23(27(32)22(21)2)10-11-25-29(5)15-14-26(33-8)28(3,4)24(29)13-16-31(25,30)7/h10,21-22,24-27,33H,11-20H2,1-9H3/t21-,22+,24+,25-,26+,27+,29+,30-,31-,32-/m1/s1. The van der Waals surface area contributed by atoms with Crippen LogP contribution in [0.2, 0.25) is 0 Å². The lowest BCUT2D eigenvalue weighted by molar-refractivity contribution is -0.190. The first kappa shape index (κ1) is 25.3. The molecule has 0 aromatic rings. The number of nitrogens with one attached hydrogen (secondary N) is 1. The van der Waals surface area contributed by atoms with Crippen LogP contribution < -0.4 is 5.32 Å². The third-order valence-corrected chi connectivity index (χ3v) is 14.0. The van der Waals surface area contributed by atoms with Crippen molar-refractivity contribution in [2.75, 3.05) is 20.8 Å². The molecule has 0 unspecified atom stereocenters. The lowest BCUT2D eigenvalue weighted by Crippen LogP contribution is -2.66. The van der Waals surface area contributed by atoms with Gasteiger partial charge >= 0.3 is 0 Å². The molecule has 5 aliphatic rings. The predicted octanol–water partition coefficient (Wildman–Crippen LogP) is 7.88. The van der Waals surface area contributed by atoms with Gasteiger partial charge in [-0.05, 0) is 116 Å². The first-order chi connectivity index (χ1) is 15.9. The van der Waals surface area contributed by atoms with E-state index in [9.17, 15) is 0 Å². The van der Waals surface area contributed by atoms with Crippen molar-refractivity contribution < 1.29 is 4.74 Å². The quantitative estimate of drug-likeness (QED) is 0.424. The Morgan fingerprint density at radius 2 is 1.65 bits per heavy atom.